The molecule has 27 heavy (non-hydrogen) atoms. The lowest BCUT2D eigenvalue weighted by Crippen LogP contribution is -2.51. The minimum absolute atomic E-state index is 0. The van der Waals surface area contributed by atoms with Crippen LogP contribution in [0.4, 0.5) is 5.69 Å². The Bertz CT molecular complexity index is 815. The molecule has 9 nitrogen and oxygen atoms in total. The van der Waals surface area contributed by atoms with Gasteiger partial charge < -0.3 is 11.1 Å². The van der Waals surface area contributed by atoms with E-state index in [1.165, 1.54) is 18.2 Å². The zero-order valence-corrected chi connectivity index (χ0v) is 16.2. The van der Waals surface area contributed by atoms with Crippen LogP contribution in [0.5, 0.6) is 0 Å². The minimum atomic E-state index is -4.00. The second-order valence-corrected chi connectivity index (χ2v) is 8.61. The number of non-ortho nitro benzene ring substituents is 1. The molecule has 1 amide bonds. The molecule has 0 aromatic heterocycles. The maximum atomic E-state index is 12.9. The number of sulfonamides is 1. The number of nitro benzene ring substituents is 1. The predicted octanol–water partition coefficient (Wildman–Crippen LogP) is 1.02. The van der Waals surface area contributed by atoms with Crippen LogP contribution < -0.4 is 11.1 Å². The number of benzene rings is 1. The van der Waals surface area contributed by atoms with Crippen molar-refractivity contribution in [3.63, 3.8) is 0 Å². The van der Waals surface area contributed by atoms with Gasteiger partial charge in [0, 0.05) is 31.3 Å². The van der Waals surface area contributed by atoms with E-state index in [9.17, 15) is 23.3 Å². The van der Waals surface area contributed by atoms with Crippen molar-refractivity contribution in [1.82, 2.24) is 9.62 Å². The molecule has 1 aliphatic carbocycles. The van der Waals surface area contributed by atoms with E-state index >= 15 is 0 Å². The van der Waals surface area contributed by atoms with E-state index in [0.29, 0.717) is 25.3 Å². The lowest BCUT2D eigenvalue weighted by Gasteiger charge is -2.25. The van der Waals surface area contributed by atoms with Crippen LogP contribution in [0.15, 0.2) is 29.2 Å². The SMILES string of the molecule is Cl.NCC(NC(=O)C1CCCN1S(=O)(=O)c1cccc([N+](=O)[O-])c1)C1CC1. The molecule has 1 aromatic carbocycles. The van der Waals surface area contributed by atoms with Crippen molar-refractivity contribution in [2.24, 2.45) is 11.7 Å². The molecular formula is C16H23ClN4O5S. The standard InChI is InChI=1S/C16H22N4O5S.ClH/c17-10-14(11-6-7-11)18-16(21)15-5-2-8-19(15)26(24,25)13-4-1-3-12(9-13)20(22)23;/h1,3-4,9,11,14-15H,2,5-8,10,17H2,(H,18,21);1H. The summed E-state index contributed by atoms with van der Waals surface area (Å²) in [7, 11) is -4.00. The van der Waals surface area contributed by atoms with Gasteiger partial charge in [-0.05, 0) is 37.7 Å². The van der Waals surface area contributed by atoms with Gasteiger partial charge >= 0.3 is 0 Å². The first-order valence-electron chi connectivity index (χ1n) is 8.61. The number of carbonyl (C=O) groups is 1. The highest BCUT2D eigenvalue weighted by atomic mass is 35.5. The molecule has 11 heteroatoms. The fourth-order valence-corrected chi connectivity index (χ4v) is 5.03. The lowest BCUT2D eigenvalue weighted by molar-refractivity contribution is -0.385. The van der Waals surface area contributed by atoms with E-state index in [-0.39, 0.29) is 41.5 Å². The third kappa shape index (κ3) is 4.57. The Morgan fingerprint density at radius 3 is 2.67 bits per heavy atom. The number of nitro groups is 1. The molecule has 2 aliphatic rings. The molecule has 150 valence electrons. The number of amides is 1. The fourth-order valence-electron chi connectivity index (χ4n) is 3.33. The number of rotatable bonds is 7. The van der Waals surface area contributed by atoms with E-state index in [1.54, 1.807) is 0 Å². The maximum Gasteiger partial charge on any atom is 0.270 e. The van der Waals surface area contributed by atoms with Gasteiger partial charge in [0.2, 0.25) is 15.9 Å². The summed E-state index contributed by atoms with van der Waals surface area (Å²) in [5.74, 6) is 0.0195. The fraction of sp³-hybridized carbons (Fsp3) is 0.562. The number of halogens is 1. The van der Waals surface area contributed by atoms with Crippen molar-refractivity contribution in [3.8, 4) is 0 Å². The lowest BCUT2D eigenvalue weighted by atomic mass is 10.1. The molecule has 0 bridgehead atoms. The molecular weight excluding hydrogens is 396 g/mol. The van der Waals surface area contributed by atoms with Gasteiger partial charge in [-0.15, -0.1) is 12.4 Å². The summed E-state index contributed by atoms with van der Waals surface area (Å²) in [6.07, 6.45) is 3.01. The number of carbonyl (C=O) groups excluding carboxylic acids is 1. The van der Waals surface area contributed by atoms with Crippen LogP contribution in [-0.4, -0.2) is 48.7 Å². The molecule has 1 heterocycles. The smallest absolute Gasteiger partial charge is 0.270 e. The van der Waals surface area contributed by atoms with Crippen LogP contribution in [0.1, 0.15) is 25.7 Å². The van der Waals surface area contributed by atoms with Crippen LogP contribution >= 0.6 is 12.4 Å². The first-order chi connectivity index (χ1) is 12.3. The van der Waals surface area contributed by atoms with Gasteiger partial charge in [-0.1, -0.05) is 6.07 Å². The molecule has 1 saturated heterocycles. The van der Waals surface area contributed by atoms with Gasteiger partial charge in [0.1, 0.15) is 6.04 Å². The molecule has 2 atom stereocenters. The Balaban J connectivity index is 0.00000261. The summed E-state index contributed by atoms with van der Waals surface area (Å²) in [4.78, 5) is 22.7. The third-order valence-corrected chi connectivity index (χ3v) is 6.82. The van der Waals surface area contributed by atoms with E-state index in [4.69, 9.17) is 5.73 Å². The third-order valence-electron chi connectivity index (χ3n) is 4.91. The Labute approximate surface area is 163 Å². The Hall–Kier alpha value is -1.75. The zero-order valence-electron chi connectivity index (χ0n) is 14.6. The van der Waals surface area contributed by atoms with Crippen molar-refractivity contribution in [2.75, 3.05) is 13.1 Å². The number of nitrogens with zero attached hydrogens (tertiary/aromatic N) is 2. The van der Waals surface area contributed by atoms with Gasteiger partial charge in [0.15, 0.2) is 0 Å². The summed E-state index contributed by atoms with van der Waals surface area (Å²) < 4.78 is 27.0. The van der Waals surface area contributed by atoms with E-state index in [0.717, 1.165) is 23.2 Å². The number of nitrogens with two attached hydrogens (primary N) is 1. The summed E-state index contributed by atoms with van der Waals surface area (Å²) in [5, 5.41) is 13.8. The van der Waals surface area contributed by atoms with E-state index in [2.05, 4.69) is 5.32 Å². The van der Waals surface area contributed by atoms with Crippen LogP contribution in [0.3, 0.4) is 0 Å². The monoisotopic (exact) mass is 418 g/mol. The molecule has 3 rings (SSSR count). The van der Waals surface area contributed by atoms with Crippen molar-refractivity contribution in [2.45, 2.75) is 42.7 Å². The van der Waals surface area contributed by atoms with E-state index in [1.807, 2.05) is 0 Å². The van der Waals surface area contributed by atoms with Crippen molar-refractivity contribution in [3.05, 3.63) is 34.4 Å². The maximum absolute atomic E-state index is 12.9. The highest BCUT2D eigenvalue weighted by Gasteiger charge is 2.41. The topological polar surface area (TPSA) is 136 Å². The molecule has 2 fully saturated rings. The van der Waals surface area contributed by atoms with Crippen molar-refractivity contribution >= 4 is 34.0 Å². The summed E-state index contributed by atoms with van der Waals surface area (Å²) in [5.41, 5.74) is 5.40. The summed E-state index contributed by atoms with van der Waals surface area (Å²) >= 11 is 0. The summed E-state index contributed by atoms with van der Waals surface area (Å²) in [6, 6.07) is 3.94. The van der Waals surface area contributed by atoms with Crippen LogP contribution in [-0.2, 0) is 14.8 Å². The van der Waals surface area contributed by atoms with Crippen LogP contribution in [0.25, 0.3) is 0 Å². The molecule has 3 N–H and O–H groups in total. The molecule has 1 aliphatic heterocycles. The van der Waals surface area contributed by atoms with E-state index < -0.39 is 21.0 Å². The predicted molar refractivity (Wildman–Crippen MR) is 101 cm³/mol. The minimum Gasteiger partial charge on any atom is -0.350 e. The molecule has 1 saturated carbocycles. The van der Waals surface area contributed by atoms with Gasteiger partial charge in [-0.2, -0.15) is 4.31 Å². The molecule has 0 radical (unpaired) electrons. The number of hydrogen-bond donors (Lipinski definition) is 2. The molecule has 0 spiro atoms. The number of nitrogens with one attached hydrogen (secondary N) is 1. The van der Waals surface area contributed by atoms with Crippen LogP contribution in [0.2, 0.25) is 0 Å². The average molecular weight is 419 g/mol. The van der Waals surface area contributed by atoms with Gasteiger partial charge in [-0.25, -0.2) is 8.42 Å². The second kappa shape index (κ2) is 8.51. The van der Waals surface area contributed by atoms with Gasteiger partial charge in [0.25, 0.3) is 5.69 Å². The quantitative estimate of drug-likeness (QED) is 0.501. The zero-order chi connectivity index (χ0) is 18.9. The highest BCUT2D eigenvalue weighted by molar-refractivity contribution is 7.89. The highest BCUT2D eigenvalue weighted by Crippen LogP contribution is 2.33. The Morgan fingerprint density at radius 2 is 2.07 bits per heavy atom. The Kier molecular flexibility index (Phi) is 6.79. The summed E-state index contributed by atoms with van der Waals surface area (Å²) in [6.45, 7) is 0.528. The average Bonchev–Trinajstić information content (AvgIpc) is 3.34. The molecule has 1 aromatic rings. The van der Waals surface area contributed by atoms with Crippen molar-refractivity contribution < 1.29 is 18.1 Å². The number of hydrogen-bond acceptors (Lipinski definition) is 6. The normalized spacial score (nSPS) is 21.3. The largest absolute Gasteiger partial charge is 0.350 e. The Morgan fingerprint density at radius 1 is 1.37 bits per heavy atom. The van der Waals surface area contributed by atoms with Crippen LogP contribution in [0, 0.1) is 16.0 Å². The van der Waals surface area contributed by atoms with Gasteiger partial charge in [-0.3, -0.25) is 14.9 Å². The second-order valence-electron chi connectivity index (χ2n) is 6.72. The van der Waals surface area contributed by atoms with Gasteiger partial charge in [0.05, 0.1) is 9.82 Å². The first-order valence-corrected chi connectivity index (χ1v) is 10.1. The first kappa shape index (κ1) is 21.5. The van der Waals surface area contributed by atoms with Crippen molar-refractivity contribution in [1.29, 1.82) is 0 Å². The molecule has 2 unspecified atom stereocenters.